The third-order valence-electron chi connectivity index (χ3n) is 5.03. The summed E-state index contributed by atoms with van der Waals surface area (Å²) < 4.78 is 0. The Morgan fingerprint density at radius 2 is 1.90 bits per heavy atom. The van der Waals surface area contributed by atoms with Crippen molar-refractivity contribution in [3.05, 3.63) is 0 Å². The molecule has 0 aromatic rings. The zero-order valence-electron chi connectivity index (χ0n) is 12.2. The average molecular weight is 277 g/mol. The van der Waals surface area contributed by atoms with Gasteiger partial charge in [0.1, 0.15) is 5.71 Å². The lowest BCUT2D eigenvalue weighted by atomic mass is 9.75. The van der Waals surface area contributed by atoms with Gasteiger partial charge in [-0.05, 0) is 24.7 Å². The molecule has 1 saturated carbocycles. The van der Waals surface area contributed by atoms with E-state index in [0.717, 1.165) is 25.4 Å². The third kappa shape index (κ3) is 2.58. The zero-order chi connectivity index (χ0) is 14.1. The largest absolute Gasteiger partial charge is 0.337 e. The van der Waals surface area contributed by atoms with Crippen molar-refractivity contribution in [3.8, 4) is 0 Å². The molecule has 2 fully saturated rings. The molecule has 110 valence electrons. The number of rotatable bonds is 1. The summed E-state index contributed by atoms with van der Waals surface area (Å²) in [5, 5.41) is 5.46. The second-order valence-corrected chi connectivity index (χ2v) is 6.31. The molecule has 2 unspecified atom stereocenters. The highest BCUT2D eigenvalue weighted by Crippen LogP contribution is 2.36. The Morgan fingerprint density at radius 1 is 1.15 bits per heavy atom. The van der Waals surface area contributed by atoms with Gasteiger partial charge in [-0.2, -0.15) is 5.10 Å². The Balaban J connectivity index is 1.66. The molecule has 20 heavy (non-hydrogen) atoms. The normalized spacial score (nSPS) is 30.9. The van der Waals surface area contributed by atoms with Crippen molar-refractivity contribution in [3.63, 3.8) is 0 Å². The topological polar surface area (TPSA) is 53.0 Å². The maximum atomic E-state index is 12.5. The fourth-order valence-corrected chi connectivity index (χ4v) is 3.79. The molecule has 2 aliphatic heterocycles. The second-order valence-electron chi connectivity index (χ2n) is 6.31. The Hall–Kier alpha value is -1.39. The minimum Gasteiger partial charge on any atom is -0.337 e. The number of likely N-dealkylation sites (tertiary alicyclic amines) is 1. The second kappa shape index (κ2) is 5.54. The fraction of sp³-hybridized carbons (Fsp3) is 0.800. The van der Waals surface area contributed by atoms with Crippen LogP contribution in [0.15, 0.2) is 5.10 Å². The Morgan fingerprint density at radius 3 is 2.65 bits per heavy atom. The number of carbonyl (C=O) groups is 2. The van der Waals surface area contributed by atoms with Crippen molar-refractivity contribution in [2.45, 2.75) is 44.9 Å². The van der Waals surface area contributed by atoms with Crippen LogP contribution in [0.25, 0.3) is 0 Å². The van der Waals surface area contributed by atoms with Gasteiger partial charge in [-0.3, -0.25) is 9.59 Å². The summed E-state index contributed by atoms with van der Waals surface area (Å²) in [7, 11) is 1.63. The molecule has 0 aromatic heterocycles. The van der Waals surface area contributed by atoms with E-state index < -0.39 is 0 Å². The van der Waals surface area contributed by atoms with Crippen molar-refractivity contribution in [2.75, 3.05) is 20.1 Å². The molecule has 2 amide bonds. The predicted octanol–water partition coefficient (Wildman–Crippen LogP) is 1.63. The van der Waals surface area contributed by atoms with Crippen LogP contribution in [0, 0.1) is 11.8 Å². The first-order valence-electron chi connectivity index (χ1n) is 7.78. The van der Waals surface area contributed by atoms with E-state index in [9.17, 15) is 9.59 Å². The van der Waals surface area contributed by atoms with Crippen LogP contribution in [0.5, 0.6) is 0 Å². The van der Waals surface area contributed by atoms with Crippen LogP contribution >= 0.6 is 0 Å². The molecular formula is C15H23N3O2. The van der Waals surface area contributed by atoms with Gasteiger partial charge in [0.15, 0.2) is 0 Å². The predicted molar refractivity (Wildman–Crippen MR) is 76.1 cm³/mol. The highest BCUT2D eigenvalue weighted by Gasteiger charge is 2.35. The molecule has 5 heteroatoms. The van der Waals surface area contributed by atoms with Crippen LogP contribution in [0.2, 0.25) is 0 Å². The molecule has 1 saturated heterocycles. The molecule has 0 bridgehead atoms. The molecule has 2 heterocycles. The van der Waals surface area contributed by atoms with Crippen LogP contribution in [-0.4, -0.2) is 47.6 Å². The molecule has 0 N–H and O–H groups in total. The summed E-state index contributed by atoms with van der Waals surface area (Å²) >= 11 is 0. The number of amides is 2. The van der Waals surface area contributed by atoms with E-state index in [1.807, 2.05) is 4.90 Å². The summed E-state index contributed by atoms with van der Waals surface area (Å²) in [5.41, 5.74) is 0.557. The lowest BCUT2D eigenvalue weighted by molar-refractivity contribution is -0.131. The lowest BCUT2D eigenvalue weighted by Gasteiger charge is -2.41. The summed E-state index contributed by atoms with van der Waals surface area (Å²) in [6, 6.07) is 0. The van der Waals surface area contributed by atoms with Crippen LogP contribution < -0.4 is 0 Å². The average Bonchev–Trinajstić information content (AvgIpc) is 2.49. The first-order valence-corrected chi connectivity index (χ1v) is 7.78. The van der Waals surface area contributed by atoms with E-state index in [1.165, 1.54) is 30.7 Å². The highest BCUT2D eigenvalue weighted by molar-refractivity contribution is 6.39. The van der Waals surface area contributed by atoms with Crippen LogP contribution in [0.1, 0.15) is 44.9 Å². The van der Waals surface area contributed by atoms with Crippen molar-refractivity contribution in [1.82, 2.24) is 9.91 Å². The van der Waals surface area contributed by atoms with E-state index in [1.54, 1.807) is 7.05 Å². The summed E-state index contributed by atoms with van der Waals surface area (Å²) in [5.74, 6) is 1.55. The smallest absolute Gasteiger partial charge is 0.270 e. The molecular weight excluding hydrogens is 254 g/mol. The molecule has 0 radical (unpaired) electrons. The van der Waals surface area contributed by atoms with Gasteiger partial charge in [0.25, 0.3) is 5.91 Å². The number of fused-ring (bicyclic) bond motifs is 1. The van der Waals surface area contributed by atoms with Crippen molar-refractivity contribution < 1.29 is 9.59 Å². The lowest BCUT2D eigenvalue weighted by Crippen LogP contribution is -2.48. The van der Waals surface area contributed by atoms with E-state index in [2.05, 4.69) is 5.10 Å². The molecule has 3 rings (SSSR count). The van der Waals surface area contributed by atoms with Crippen LogP contribution in [0.4, 0.5) is 0 Å². The van der Waals surface area contributed by atoms with Gasteiger partial charge >= 0.3 is 0 Å². The van der Waals surface area contributed by atoms with Gasteiger partial charge in [-0.15, -0.1) is 0 Å². The molecule has 0 aromatic carbocycles. The Labute approximate surface area is 120 Å². The summed E-state index contributed by atoms with van der Waals surface area (Å²) in [6.07, 6.45) is 7.30. The number of nitrogens with zero attached hydrogens (tertiary/aromatic N) is 3. The molecule has 3 aliphatic rings. The number of hydrogen-bond donors (Lipinski definition) is 0. The first-order chi connectivity index (χ1) is 9.65. The van der Waals surface area contributed by atoms with Crippen molar-refractivity contribution in [1.29, 1.82) is 0 Å². The van der Waals surface area contributed by atoms with E-state index in [-0.39, 0.29) is 11.8 Å². The minimum absolute atomic E-state index is 0.00691. The van der Waals surface area contributed by atoms with Gasteiger partial charge < -0.3 is 4.90 Å². The maximum Gasteiger partial charge on any atom is 0.270 e. The molecule has 2 atom stereocenters. The quantitative estimate of drug-likeness (QED) is 0.731. The van der Waals surface area contributed by atoms with Crippen LogP contribution in [-0.2, 0) is 9.59 Å². The number of hydrazone groups is 1. The van der Waals surface area contributed by atoms with Crippen molar-refractivity contribution >= 4 is 17.5 Å². The van der Waals surface area contributed by atoms with Gasteiger partial charge in [0, 0.05) is 33.0 Å². The number of piperidine rings is 1. The fourth-order valence-electron chi connectivity index (χ4n) is 3.79. The summed E-state index contributed by atoms with van der Waals surface area (Å²) in [6.45, 7) is 1.75. The SMILES string of the molecule is CN1N=C(C(=O)N2CCC3CCCCC3C2)CCC1=O. The van der Waals surface area contributed by atoms with E-state index in [0.29, 0.717) is 24.5 Å². The van der Waals surface area contributed by atoms with Gasteiger partial charge in [0.2, 0.25) is 5.91 Å². The monoisotopic (exact) mass is 277 g/mol. The third-order valence-corrected chi connectivity index (χ3v) is 5.03. The standard InChI is InChI=1S/C15H23N3O2/c1-17-14(19)7-6-13(16-17)15(20)18-9-8-11-4-2-3-5-12(11)10-18/h11-12H,2-10H2,1H3. The zero-order valence-corrected chi connectivity index (χ0v) is 12.2. The molecule has 1 aliphatic carbocycles. The first kappa shape index (κ1) is 13.6. The van der Waals surface area contributed by atoms with E-state index in [4.69, 9.17) is 0 Å². The minimum atomic E-state index is -0.00691. The Kier molecular flexibility index (Phi) is 3.76. The molecule has 0 spiro atoms. The number of carbonyl (C=O) groups excluding carboxylic acids is 2. The van der Waals surface area contributed by atoms with Gasteiger partial charge in [-0.25, -0.2) is 5.01 Å². The maximum absolute atomic E-state index is 12.5. The van der Waals surface area contributed by atoms with E-state index >= 15 is 0 Å². The summed E-state index contributed by atoms with van der Waals surface area (Å²) in [4.78, 5) is 25.9. The highest BCUT2D eigenvalue weighted by atomic mass is 16.2. The van der Waals surface area contributed by atoms with Gasteiger partial charge in [-0.1, -0.05) is 19.3 Å². The molecule has 5 nitrogen and oxygen atoms in total. The van der Waals surface area contributed by atoms with Gasteiger partial charge in [0.05, 0.1) is 0 Å². The Bertz CT molecular complexity index is 446. The van der Waals surface area contributed by atoms with Crippen LogP contribution in [0.3, 0.4) is 0 Å². The number of hydrogen-bond acceptors (Lipinski definition) is 3. The van der Waals surface area contributed by atoms with Crippen molar-refractivity contribution in [2.24, 2.45) is 16.9 Å².